The molecule has 3 rings (SSSR count). The molecular formula is C19H12BrCl2N3O2S. The van der Waals surface area contributed by atoms with Gasteiger partial charge < -0.3 is 5.73 Å². The summed E-state index contributed by atoms with van der Waals surface area (Å²) in [5.41, 5.74) is 6.47. The van der Waals surface area contributed by atoms with E-state index in [1.807, 2.05) is 6.07 Å². The van der Waals surface area contributed by atoms with E-state index in [1.54, 1.807) is 42.5 Å². The van der Waals surface area contributed by atoms with Gasteiger partial charge in [-0.05, 0) is 48.4 Å². The fraction of sp³-hybridized carbons (Fsp3) is 0.105. The van der Waals surface area contributed by atoms with E-state index in [0.717, 1.165) is 21.8 Å². The number of amides is 2. The molecule has 0 saturated carbocycles. The lowest BCUT2D eigenvalue weighted by molar-refractivity contribution is -0.117. The third kappa shape index (κ3) is 4.20. The van der Waals surface area contributed by atoms with E-state index < -0.39 is 11.2 Å². The molecular weight excluding hydrogens is 485 g/mol. The summed E-state index contributed by atoms with van der Waals surface area (Å²) in [7, 11) is 0. The van der Waals surface area contributed by atoms with Crippen LogP contribution in [0.4, 0.5) is 5.69 Å². The molecule has 0 aliphatic carbocycles. The fourth-order valence-corrected chi connectivity index (χ4v) is 4.61. The van der Waals surface area contributed by atoms with Crippen LogP contribution in [0.25, 0.3) is 0 Å². The Morgan fingerprint density at radius 2 is 1.89 bits per heavy atom. The van der Waals surface area contributed by atoms with Gasteiger partial charge >= 0.3 is 0 Å². The molecule has 142 valence electrons. The Balaban J connectivity index is 2.02. The molecule has 0 spiro atoms. The highest BCUT2D eigenvalue weighted by molar-refractivity contribution is 9.10. The van der Waals surface area contributed by atoms with Crippen molar-refractivity contribution in [2.75, 3.05) is 4.90 Å². The molecule has 2 aromatic rings. The average Bonchev–Trinajstić information content (AvgIpc) is 2.95. The summed E-state index contributed by atoms with van der Waals surface area (Å²) in [5, 5.41) is 9.90. The Kier molecular flexibility index (Phi) is 6.36. The zero-order chi connectivity index (χ0) is 20.4. The monoisotopic (exact) mass is 495 g/mol. The van der Waals surface area contributed by atoms with Gasteiger partial charge in [-0.1, -0.05) is 57.0 Å². The van der Waals surface area contributed by atoms with E-state index in [4.69, 9.17) is 28.9 Å². The van der Waals surface area contributed by atoms with Crippen LogP contribution in [0.5, 0.6) is 0 Å². The van der Waals surface area contributed by atoms with Crippen LogP contribution >= 0.6 is 50.9 Å². The van der Waals surface area contributed by atoms with Crippen LogP contribution in [0.15, 0.2) is 57.5 Å². The van der Waals surface area contributed by atoms with Crippen molar-refractivity contribution in [1.29, 1.82) is 5.26 Å². The first-order chi connectivity index (χ1) is 13.3. The van der Waals surface area contributed by atoms with E-state index >= 15 is 0 Å². The van der Waals surface area contributed by atoms with E-state index in [9.17, 15) is 14.9 Å². The van der Waals surface area contributed by atoms with Crippen molar-refractivity contribution in [2.45, 2.75) is 11.7 Å². The van der Waals surface area contributed by atoms with Crippen molar-refractivity contribution in [1.82, 2.24) is 0 Å². The third-order valence-electron chi connectivity index (χ3n) is 4.01. The number of carbonyl (C=O) groups is 2. The lowest BCUT2D eigenvalue weighted by atomic mass is 10.1. The molecule has 0 aromatic heterocycles. The molecule has 1 atom stereocenters. The van der Waals surface area contributed by atoms with Crippen LogP contribution in [0.1, 0.15) is 5.56 Å². The Hall–Kier alpha value is -1.98. The Morgan fingerprint density at radius 1 is 1.21 bits per heavy atom. The number of benzene rings is 2. The van der Waals surface area contributed by atoms with E-state index in [0.29, 0.717) is 22.2 Å². The summed E-state index contributed by atoms with van der Waals surface area (Å²) in [4.78, 5) is 26.3. The predicted molar refractivity (Wildman–Crippen MR) is 115 cm³/mol. The Bertz CT molecular complexity index is 1030. The second kappa shape index (κ2) is 8.58. The fourth-order valence-electron chi connectivity index (χ4n) is 2.71. The zero-order valence-corrected chi connectivity index (χ0v) is 18.1. The summed E-state index contributed by atoms with van der Waals surface area (Å²) >= 11 is 16.5. The molecule has 9 heteroatoms. The molecule has 2 aromatic carbocycles. The predicted octanol–water partition coefficient (Wildman–Crippen LogP) is 4.67. The summed E-state index contributed by atoms with van der Waals surface area (Å²) in [6.45, 7) is 0. The molecule has 1 heterocycles. The first-order valence-corrected chi connectivity index (χ1v) is 10.4. The van der Waals surface area contributed by atoms with E-state index in [-0.39, 0.29) is 16.5 Å². The maximum Gasteiger partial charge on any atom is 0.262 e. The minimum absolute atomic E-state index is 0.229. The molecule has 2 N–H and O–H groups in total. The number of nitrogens with zero attached hydrogens (tertiary/aromatic N) is 2. The molecule has 0 unspecified atom stereocenters. The average molecular weight is 497 g/mol. The van der Waals surface area contributed by atoms with Gasteiger partial charge in [0.25, 0.3) is 5.91 Å². The first kappa shape index (κ1) is 20.7. The summed E-state index contributed by atoms with van der Waals surface area (Å²) in [6.07, 6.45) is 0.356. The van der Waals surface area contributed by atoms with Crippen molar-refractivity contribution in [3.8, 4) is 6.07 Å². The second-order valence-corrected chi connectivity index (χ2v) is 8.79. The summed E-state index contributed by atoms with van der Waals surface area (Å²) in [6, 6.07) is 14.0. The van der Waals surface area contributed by atoms with Gasteiger partial charge in [0.2, 0.25) is 5.91 Å². The van der Waals surface area contributed by atoms with Crippen LogP contribution in [-0.2, 0) is 16.0 Å². The molecule has 1 saturated heterocycles. The SMILES string of the molecule is N#C/C(C(N)=O)=C1/S[C@H](Cc2ccc(Cl)c(Cl)c2)C(=O)N1c1ccc(Br)cc1. The molecule has 0 radical (unpaired) electrons. The van der Waals surface area contributed by atoms with Gasteiger partial charge in [-0.2, -0.15) is 5.26 Å². The smallest absolute Gasteiger partial charge is 0.262 e. The maximum atomic E-state index is 13.1. The minimum Gasteiger partial charge on any atom is -0.365 e. The lowest BCUT2D eigenvalue weighted by Crippen LogP contribution is -2.31. The number of hydrogen-bond donors (Lipinski definition) is 1. The maximum absolute atomic E-state index is 13.1. The van der Waals surface area contributed by atoms with Crippen LogP contribution in [-0.4, -0.2) is 17.1 Å². The standard InChI is InChI=1S/C19H12BrCl2N3O2S/c20-11-2-4-12(5-3-11)25-18(27)16(28-19(25)13(9-23)17(24)26)8-10-1-6-14(21)15(22)7-10/h1-7,16H,8H2,(H2,24,26)/b19-13-/t16-/m1/s1. The van der Waals surface area contributed by atoms with Crippen LogP contribution < -0.4 is 10.6 Å². The van der Waals surface area contributed by atoms with Gasteiger partial charge in [-0.3, -0.25) is 14.5 Å². The van der Waals surface area contributed by atoms with Crippen LogP contribution in [0, 0.1) is 11.3 Å². The Morgan fingerprint density at radius 3 is 2.46 bits per heavy atom. The normalized spacial score (nSPS) is 18.1. The van der Waals surface area contributed by atoms with Gasteiger partial charge in [0, 0.05) is 10.2 Å². The van der Waals surface area contributed by atoms with Crippen LogP contribution in [0.3, 0.4) is 0 Å². The van der Waals surface area contributed by atoms with E-state index in [2.05, 4.69) is 15.9 Å². The molecule has 1 aliphatic rings. The highest BCUT2D eigenvalue weighted by Crippen LogP contribution is 2.42. The lowest BCUT2D eigenvalue weighted by Gasteiger charge is -2.18. The van der Waals surface area contributed by atoms with Gasteiger partial charge in [0.1, 0.15) is 16.7 Å². The van der Waals surface area contributed by atoms with Crippen molar-refractivity contribution in [3.05, 3.63) is 73.1 Å². The number of nitriles is 1. The number of carbonyl (C=O) groups excluding carboxylic acids is 2. The number of anilines is 1. The van der Waals surface area contributed by atoms with Crippen LogP contribution in [0.2, 0.25) is 10.0 Å². The van der Waals surface area contributed by atoms with Crippen molar-refractivity contribution >= 4 is 68.4 Å². The highest BCUT2D eigenvalue weighted by atomic mass is 79.9. The van der Waals surface area contributed by atoms with Crippen molar-refractivity contribution in [3.63, 3.8) is 0 Å². The minimum atomic E-state index is -0.880. The van der Waals surface area contributed by atoms with Crippen molar-refractivity contribution < 1.29 is 9.59 Å². The van der Waals surface area contributed by atoms with E-state index in [1.165, 1.54) is 4.90 Å². The third-order valence-corrected chi connectivity index (χ3v) is 6.55. The van der Waals surface area contributed by atoms with Gasteiger partial charge in [-0.15, -0.1) is 0 Å². The number of nitrogens with two attached hydrogens (primary N) is 1. The number of halogens is 3. The molecule has 0 bridgehead atoms. The molecule has 2 amide bonds. The zero-order valence-electron chi connectivity index (χ0n) is 14.2. The number of thioether (sulfide) groups is 1. The topological polar surface area (TPSA) is 87.2 Å². The summed E-state index contributed by atoms with van der Waals surface area (Å²) < 4.78 is 0.837. The number of primary amides is 1. The molecule has 1 fully saturated rings. The molecule has 28 heavy (non-hydrogen) atoms. The summed E-state index contributed by atoms with van der Waals surface area (Å²) in [5.74, 6) is -1.13. The molecule has 1 aliphatic heterocycles. The highest BCUT2D eigenvalue weighted by Gasteiger charge is 2.40. The largest absolute Gasteiger partial charge is 0.365 e. The Labute approximate surface area is 184 Å². The van der Waals surface area contributed by atoms with Crippen molar-refractivity contribution in [2.24, 2.45) is 5.73 Å². The van der Waals surface area contributed by atoms with Gasteiger partial charge in [0.05, 0.1) is 15.3 Å². The molecule has 5 nitrogen and oxygen atoms in total. The number of rotatable bonds is 4. The second-order valence-electron chi connectivity index (χ2n) is 5.87. The number of hydrogen-bond acceptors (Lipinski definition) is 4. The quantitative estimate of drug-likeness (QED) is 0.492. The first-order valence-electron chi connectivity index (χ1n) is 7.96. The van der Waals surface area contributed by atoms with Gasteiger partial charge in [0.15, 0.2) is 0 Å². The van der Waals surface area contributed by atoms with Gasteiger partial charge in [-0.25, -0.2) is 0 Å².